The molecule has 39 heteroatoms. The van der Waals surface area contributed by atoms with Gasteiger partial charge in [0.2, 0.25) is 0 Å². The lowest BCUT2D eigenvalue weighted by Gasteiger charge is -1.84. The first-order valence-corrected chi connectivity index (χ1v) is 30.9. The topological polar surface area (TPSA) is 20.2 Å². The van der Waals surface area contributed by atoms with Crippen LogP contribution in [-0.4, -0.2) is 113 Å². The predicted octanol–water partition coefficient (Wildman–Crippen LogP) is 26.4. The maximum Gasteiger partial charge on any atom is 0.130 e. The van der Waals surface area contributed by atoms with Gasteiger partial charge in [0, 0.05) is 0 Å². The van der Waals surface area contributed by atoms with E-state index in [9.17, 15) is 0 Å². The summed E-state index contributed by atoms with van der Waals surface area (Å²) in [6, 6.07) is 0. The molecule has 1 N–H and O–H groups in total. The molecule has 1 nitrogen and oxygen atoms in total. The Morgan fingerprint density at radius 1 is 0.169 bits per heavy atom. The van der Waals surface area contributed by atoms with Gasteiger partial charge in [-0.1, -0.05) is 0 Å². The minimum absolute atomic E-state index is 0.164. The van der Waals surface area contributed by atoms with Gasteiger partial charge in [-0.25, -0.2) is 0 Å². The lowest BCUT2D eigenvalue weighted by atomic mass is 10.9. The van der Waals surface area contributed by atoms with Gasteiger partial charge in [-0.3, -0.25) is 0 Å². The molecule has 0 atom stereocenters. The Balaban J connectivity index is -0.0000000169. The summed E-state index contributed by atoms with van der Waals surface area (Å²) >= 11 is 181. The van der Waals surface area contributed by atoms with Crippen molar-refractivity contribution in [2.45, 2.75) is 4.84 Å². The Morgan fingerprint density at radius 3 is 0.186 bits per heavy atom. The lowest BCUT2D eigenvalue weighted by Crippen LogP contribution is -1.90. The molecule has 0 saturated carbocycles. The maximum atomic E-state index is 7.88. The van der Waals surface area contributed by atoms with Crippen LogP contribution in [0.3, 0.4) is 0 Å². The van der Waals surface area contributed by atoms with Crippen molar-refractivity contribution in [3.8, 4) is 0 Å². The Morgan fingerprint density at radius 2 is 0.186 bits per heavy atom. The highest BCUT2D eigenvalue weighted by atomic mass is 35.6. The molecule has 0 radical (unpaired) electrons. The van der Waals surface area contributed by atoms with Crippen LogP contribution in [0.25, 0.3) is 0 Å². The number of alkyl halides is 38. The predicted molar refractivity (Wildman–Crippen MR) is 321 cm³/mol. The first-order chi connectivity index (χ1) is 27.7. The molecule has 0 aliphatic carbocycles. The van der Waals surface area contributed by atoms with Gasteiger partial charge >= 0.3 is 0 Å². The molecule has 59 heavy (non-hydrogen) atoms. The van der Waals surface area contributed by atoms with Crippen molar-refractivity contribution in [1.29, 1.82) is 0 Å². The van der Waals surface area contributed by atoms with Crippen molar-refractivity contribution in [3.05, 3.63) is 0 Å². The number of hydrogen-bond donors (Lipinski definition) is 1. The molecule has 0 aliphatic rings. The first-order valence-electron chi connectivity index (χ1n) is 10.8. The van der Waals surface area contributed by atoms with Crippen LogP contribution >= 0.6 is 441 Å². The van der Waals surface area contributed by atoms with E-state index in [2.05, 4.69) is 0 Å². The molecular formula is C20H40Cl38O. The maximum absolute atomic E-state index is 7.88. The number of rotatable bonds is 1. The molecule has 0 fully saturated rings. The van der Waals surface area contributed by atoms with Gasteiger partial charge in [0.05, 0.1) is 103 Å². The van der Waals surface area contributed by atoms with Gasteiger partial charge < -0.3 is 5.11 Å². The van der Waals surface area contributed by atoms with Crippen LogP contribution in [-0.2, 0) is 0 Å². The van der Waals surface area contributed by atoms with Crippen LogP contribution in [0.2, 0.25) is 0 Å². The number of hydrogen-bond acceptors (Lipinski definition) is 1. The summed E-state index contributed by atoms with van der Waals surface area (Å²) in [6.45, 7) is -0.164. The zero-order valence-corrected chi connectivity index (χ0v) is 57.5. The normalized spacial score (nSPS) is 6.31. The monoisotopic (exact) mass is 1630 g/mol. The molecule has 0 aromatic heterocycles. The van der Waals surface area contributed by atoms with Gasteiger partial charge in [-0.15, -0.1) is 441 Å². The minimum atomic E-state index is -0.616. The molecule has 0 rings (SSSR count). The second-order valence-electron chi connectivity index (χ2n) is 2.39. The molecule has 0 heterocycles. The minimum Gasteiger partial charge on any atom is -0.394 e. The molecule has 0 aromatic carbocycles. The van der Waals surface area contributed by atoms with Crippen molar-refractivity contribution < 1.29 is 5.11 Å². The third-order valence-electron chi connectivity index (χ3n) is 0.138. The summed E-state index contributed by atoms with van der Waals surface area (Å²) in [7, 11) is 0. The van der Waals surface area contributed by atoms with E-state index >= 15 is 0 Å². The van der Waals surface area contributed by atoms with E-state index in [4.69, 9.17) is 446 Å². The molecule has 0 aromatic rings. The summed E-state index contributed by atoms with van der Waals surface area (Å²) in [4.78, 5) is -0.616. The Hall–Kier alpha value is 11.0. The standard InChI is InChI=1S/C2H4Cl2O.18CH2Cl2/c3-2(4)1-5;18*2-1-3/h2,5H,1H2;18*1H2. The summed E-state index contributed by atoms with van der Waals surface area (Å²) < 4.78 is 0. The van der Waals surface area contributed by atoms with Crippen molar-refractivity contribution in [1.82, 2.24) is 0 Å². The van der Waals surface area contributed by atoms with Crippen molar-refractivity contribution in [2.75, 3.05) is 103 Å². The molecule has 0 bridgehead atoms. The summed E-state index contributed by atoms with van der Waals surface area (Å²) in [5.41, 5.74) is 0. The van der Waals surface area contributed by atoms with Crippen LogP contribution in [0.1, 0.15) is 0 Å². The number of aliphatic hydroxyl groups excluding tert-OH is 1. The van der Waals surface area contributed by atoms with E-state index in [1.165, 1.54) is 0 Å². The van der Waals surface area contributed by atoms with E-state index in [0.717, 1.165) is 0 Å². The van der Waals surface area contributed by atoms with E-state index in [1.54, 1.807) is 0 Å². The molecule has 0 saturated heterocycles. The fourth-order valence-electron chi connectivity index (χ4n) is 0. The molecule has 0 spiro atoms. The van der Waals surface area contributed by atoms with E-state index in [1.807, 2.05) is 0 Å². The second-order valence-corrected chi connectivity index (χ2v) is 18.2. The fourth-order valence-corrected chi connectivity index (χ4v) is 0. The Labute approximate surface area is 544 Å². The average Bonchev–Trinajstić information content (AvgIpc) is 3.11. The van der Waals surface area contributed by atoms with Gasteiger partial charge in [0.15, 0.2) is 0 Å². The van der Waals surface area contributed by atoms with Crippen molar-refractivity contribution in [3.63, 3.8) is 0 Å². The third-order valence-corrected chi connectivity index (χ3v) is 0.414. The van der Waals surface area contributed by atoms with Crippen LogP contribution in [0.4, 0.5) is 0 Å². The zero-order chi connectivity index (χ0) is 53.0. The molecule has 0 unspecified atom stereocenters. The van der Waals surface area contributed by atoms with Gasteiger partial charge in [-0.05, 0) is 0 Å². The highest BCUT2D eigenvalue weighted by molar-refractivity contribution is 6.46. The summed E-state index contributed by atoms with van der Waals surface area (Å²) in [6.07, 6.45) is 0. The first kappa shape index (κ1) is 128. The van der Waals surface area contributed by atoms with Crippen molar-refractivity contribution >= 4 is 441 Å². The Bertz CT molecular complexity index is 180. The highest BCUT2D eigenvalue weighted by Crippen LogP contribution is 1.96. The molecular weight excluding hydrogens is 1600 g/mol. The highest BCUT2D eigenvalue weighted by Gasteiger charge is 1.88. The van der Waals surface area contributed by atoms with Crippen molar-refractivity contribution in [2.24, 2.45) is 0 Å². The van der Waals surface area contributed by atoms with Gasteiger partial charge in [0.1, 0.15) is 4.84 Å². The second kappa shape index (κ2) is 293. The molecule has 392 valence electrons. The largest absolute Gasteiger partial charge is 0.394 e. The summed E-state index contributed by atoms with van der Waals surface area (Å²) in [5.74, 6) is 0. The third kappa shape index (κ3) is 1840. The number of halogens is 38. The smallest absolute Gasteiger partial charge is 0.130 e. The SMILES string of the molecule is ClCCl.ClCCl.ClCCl.ClCCl.ClCCl.ClCCl.ClCCl.ClCCl.ClCCl.ClCCl.ClCCl.ClCCl.ClCCl.ClCCl.ClCCl.ClCCl.ClCCl.ClCCl.OCC(Cl)Cl. The van der Waals surface area contributed by atoms with Crippen LogP contribution in [0, 0.1) is 0 Å². The van der Waals surface area contributed by atoms with Gasteiger partial charge in [0.25, 0.3) is 0 Å². The van der Waals surface area contributed by atoms with E-state index in [0.29, 0.717) is 0 Å². The van der Waals surface area contributed by atoms with E-state index in [-0.39, 0.29) is 103 Å². The molecule has 0 aliphatic heterocycles. The Kier molecular flexibility index (Phi) is 636. The van der Waals surface area contributed by atoms with Crippen LogP contribution < -0.4 is 0 Å². The molecule has 0 amide bonds. The average molecular weight is 1640 g/mol. The number of aliphatic hydroxyl groups is 1. The van der Waals surface area contributed by atoms with Gasteiger partial charge in [-0.2, -0.15) is 0 Å². The quantitative estimate of drug-likeness (QED) is 0.260. The lowest BCUT2D eigenvalue weighted by molar-refractivity contribution is 0.313. The summed E-state index contributed by atoms with van der Waals surface area (Å²) in [5, 5.41) is 11.4. The van der Waals surface area contributed by atoms with E-state index < -0.39 is 4.84 Å². The zero-order valence-electron chi connectivity index (χ0n) is 28.8. The van der Waals surface area contributed by atoms with Crippen LogP contribution in [0.5, 0.6) is 0 Å². The fraction of sp³-hybridized carbons (Fsp3) is 1.00. The van der Waals surface area contributed by atoms with Crippen LogP contribution in [0.15, 0.2) is 0 Å².